The maximum absolute atomic E-state index is 4.15. The first-order valence-electron chi connectivity index (χ1n) is 5.89. The summed E-state index contributed by atoms with van der Waals surface area (Å²) >= 11 is 0. The zero-order valence-electron chi connectivity index (χ0n) is 9.87. The molecule has 1 saturated carbocycles. The summed E-state index contributed by atoms with van der Waals surface area (Å²) in [4.78, 5) is 4.08. The van der Waals surface area contributed by atoms with Crippen LogP contribution in [0.25, 0.3) is 0 Å². The highest BCUT2D eigenvalue weighted by Gasteiger charge is 2.20. The third-order valence-electron chi connectivity index (χ3n) is 2.98. The Labute approximate surface area is 99.7 Å². The van der Waals surface area contributed by atoms with Crippen LogP contribution in [0, 0.1) is 0 Å². The molecule has 2 aromatic rings. The van der Waals surface area contributed by atoms with Gasteiger partial charge in [-0.2, -0.15) is 0 Å². The summed E-state index contributed by atoms with van der Waals surface area (Å²) in [7, 11) is 1.98. The van der Waals surface area contributed by atoms with Crippen LogP contribution in [0.5, 0.6) is 0 Å². The molecule has 90 valence electrons. The van der Waals surface area contributed by atoms with Gasteiger partial charge in [0.15, 0.2) is 0 Å². The number of hydrogen-bond acceptors (Lipinski definition) is 4. The molecule has 0 aromatic carbocycles. The average Bonchev–Trinajstić information content (AvgIpc) is 2.92. The molecule has 0 spiro atoms. The van der Waals surface area contributed by atoms with Gasteiger partial charge < -0.3 is 9.88 Å². The van der Waals surface area contributed by atoms with Crippen LogP contribution < -0.4 is 5.32 Å². The summed E-state index contributed by atoms with van der Waals surface area (Å²) in [5.74, 6) is 0. The minimum atomic E-state index is 0.706. The lowest BCUT2D eigenvalue weighted by molar-refractivity contribution is 0.619. The molecule has 17 heavy (non-hydrogen) atoms. The fraction of sp³-hybridized carbons (Fsp3) is 0.545. The maximum atomic E-state index is 4.15. The van der Waals surface area contributed by atoms with Gasteiger partial charge in [0.05, 0.1) is 36.7 Å². The van der Waals surface area contributed by atoms with Crippen molar-refractivity contribution in [3.05, 3.63) is 30.1 Å². The van der Waals surface area contributed by atoms with E-state index in [0.717, 1.165) is 17.9 Å². The van der Waals surface area contributed by atoms with Crippen molar-refractivity contribution in [2.75, 3.05) is 0 Å². The summed E-state index contributed by atoms with van der Waals surface area (Å²) in [5.41, 5.74) is 2.12. The molecule has 3 rings (SSSR count). The predicted octanol–water partition coefficient (Wildman–Crippen LogP) is 0.312. The van der Waals surface area contributed by atoms with E-state index in [-0.39, 0.29) is 0 Å². The SMILES string of the molecule is Cn1cncc1Cn1cc(CNC2CC2)nn1. The third kappa shape index (κ3) is 2.52. The minimum absolute atomic E-state index is 0.706. The van der Waals surface area contributed by atoms with Crippen molar-refractivity contribution in [2.24, 2.45) is 7.05 Å². The standard InChI is InChI=1S/C11H16N6/c1-16-8-12-5-11(16)7-17-6-10(14-15-17)4-13-9-2-3-9/h5-6,8-9,13H,2-4,7H2,1H3. The van der Waals surface area contributed by atoms with Crippen molar-refractivity contribution >= 4 is 0 Å². The summed E-state index contributed by atoms with van der Waals surface area (Å²) in [5, 5.41) is 11.7. The molecule has 0 saturated heterocycles. The lowest BCUT2D eigenvalue weighted by atomic mass is 10.4. The third-order valence-corrected chi connectivity index (χ3v) is 2.98. The highest BCUT2D eigenvalue weighted by Crippen LogP contribution is 2.18. The van der Waals surface area contributed by atoms with Crippen LogP contribution in [-0.2, 0) is 20.1 Å². The van der Waals surface area contributed by atoms with Gasteiger partial charge in [0, 0.05) is 19.6 Å². The number of nitrogens with zero attached hydrogens (tertiary/aromatic N) is 5. The molecule has 1 aliphatic carbocycles. The molecule has 0 atom stereocenters. The van der Waals surface area contributed by atoms with Crippen molar-refractivity contribution in [1.82, 2.24) is 29.9 Å². The van der Waals surface area contributed by atoms with Crippen molar-refractivity contribution in [2.45, 2.75) is 32.0 Å². The van der Waals surface area contributed by atoms with Gasteiger partial charge in [-0.3, -0.25) is 0 Å². The molecular weight excluding hydrogens is 216 g/mol. The predicted molar refractivity (Wildman–Crippen MR) is 62.2 cm³/mol. The summed E-state index contributed by atoms with van der Waals surface area (Å²) in [6.07, 6.45) is 8.22. The zero-order valence-corrected chi connectivity index (χ0v) is 9.87. The second kappa shape index (κ2) is 4.29. The number of imidazole rings is 1. The second-order valence-corrected chi connectivity index (χ2v) is 4.56. The van der Waals surface area contributed by atoms with E-state index >= 15 is 0 Å². The Bertz CT molecular complexity index is 496. The Hall–Kier alpha value is -1.69. The Kier molecular flexibility index (Phi) is 2.64. The molecule has 1 N–H and O–H groups in total. The Balaban J connectivity index is 1.61. The van der Waals surface area contributed by atoms with Crippen molar-refractivity contribution in [1.29, 1.82) is 0 Å². The van der Waals surface area contributed by atoms with Gasteiger partial charge in [0.1, 0.15) is 0 Å². The monoisotopic (exact) mass is 232 g/mol. The van der Waals surface area contributed by atoms with Crippen LogP contribution in [0.4, 0.5) is 0 Å². The zero-order chi connectivity index (χ0) is 11.7. The van der Waals surface area contributed by atoms with Gasteiger partial charge in [-0.05, 0) is 12.8 Å². The topological polar surface area (TPSA) is 60.6 Å². The maximum Gasteiger partial charge on any atom is 0.0965 e. The van der Waals surface area contributed by atoms with E-state index in [9.17, 15) is 0 Å². The highest BCUT2D eigenvalue weighted by atomic mass is 15.4. The lowest BCUT2D eigenvalue weighted by Crippen LogP contribution is -2.15. The van der Waals surface area contributed by atoms with Gasteiger partial charge in [-0.15, -0.1) is 5.10 Å². The Morgan fingerprint density at radius 2 is 2.35 bits per heavy atom. The van der Waals surface area contributed by atoms with Gasteiger partial charge >= 0.3 is 0 Å². The molecule has 0 radical (unpaired) electrons. The first-order chi connectivity index (χ1) is 8.31. The molecule has 2 heterocycles. The number of rotatable bonds is 5. The number of nitrogens with one attached hydrogen (secondary N) is 1. The quantitative estimate of drug-likeness (QED) is 0.806. The van der Waals surface area contributed by atoms with E-state index in [2.05, 4.69) is 20.6 Å². The van der Waals surface area contributed by atoms with Gasteiger partial charge in [0.2, 0.25) is 0 Å². The van der Waals surface area contributed by atoms with Crippen LogP contribution in [0.15, 0.2) is 18.7 Å². The molecule has 0 aliphatic heterocycles. The second-order valence-electron chi connectivity index (χ2n) is 4.56. The molecule has 0 amide bonds. The van der Waals surface area contributed by atoms with E-state index in [1.165, 1.54) is 12.8 Å². The molecule has 0 bridgehead atoms. The molecule has 6 nitrogen and oxygen atoms in total. The summed E-state index contributed by atoms with van der Waals surface area (Å²) in [6, 6.07) is 0.706. The van der Waals surface area contributed by atoms with E-state index in [1.54, 1.807) is 6.33 Å². The fourth-order valence-electron chi connectivity index (χ4n) is 1.74. The fourth-order valence-corrected chi connectivity index (χ4v) is 1.74. The van der Waals surface area contributed by atoms with Gasteiger partial charge in [0.25, 0.3) is 0 Å². The van der Waals surface area contributed by atoms with E-state index in [4.69, 9.17) is 0 Å². The lowest BCUT2D eigenvalue weighted by Gasteiger charge is -2.00. The highest BCUT2D eigenvalue weighted by molar-refractivity contribution is 5.00. The molecule has 0 unspecified atom stereocenters. The van der Waals surface area contributed by atoms with Crippen LogP contribution in [0.1, 0.15) is 24.2 Å². The number of hydrogen-bond donors (Lipinski definition) is 1. The molecule has 2 aromatic heterocycles. The minimum Gasteiger partial charge on any atom is -0.336 e. The Morgan fingerprint density at radius 3 is 3.06 bits per heavy atom. The average molecular weight is 232 g/mol. The Morgan fingerprint density at radius 1 is 1.47 bits per heavy atom. The first-order valence-corrected chi connectivity index (χ1v) is 5.89. The van der Waals surface area contributed by atoms with Crippen molar-refractivity contribution in [3.63, 3.8) is 0 Å². The summed E-state index contributed by atoms with van der Waals surface area (Å²) in [6.45, 7) is 1.53. The molecular formula is C11H16N6. The normalized spacial score (nSPS) is 15.4. The van der Waals surface area contributed by atoms with E-state index in [0.29, 0.717) is 12.6 Å². The molecule has 6 heteroatoms. The van der Waals surface area contributed by atoms with E-state index in [1.807, 2.05) is 28.7 Å². The molecule has 1 fully saturated rings. The van der Waals surface area contributed by atoms with Gasteiger partial charge in [-0.25, -0.2) is 9.67 Å². The smallest absolute Gasteiger partial charge is 0.0965 e. The number of aromatic nitrogens is 5. The number of aryl methyl sites for hydroxylation is 1. The van der Waals surface area contributed by atoms with Gasteiger partial charge in [-0.1, -0.05) is 5.21 Å². The van der Waals surface area contributed by atoms with Crippen LogP contribution in [-0.4, -0.2) is 30.6 Å². The summed E-state index contributed by atoms with van der Waals surface area (Å²) < 4.78 is 3.84. The van der Waals surface area contributed by atoms with Crippen LogP contribution >= 0.6 is 0 Å². The van der Waals surface area contributed by atoms with Crippen molar-refractivity contribution < 1.29 is 0 Å². The van der Waals surface area contributed by atoms with Crippen LogP contribution in [0.2, 0.25) is 0 Å². The van der Waals surface area contributed by atoms with Crippen molar-refractivity contribution in [3.8, 4) is 0 Å². The largest absolute Gasteiger partial charge is 0.336 e. The first kappa shape index (κ1) is 10.5. The van der Waals surface area contributed by atoms with E-state index < -0.39 is 0 Å². The molecule has 1 aliphatic rings. The van der Waals surface area contributed by atoms with Crippen LogP contribution in [0.3, 0.4) is 0 Å².